The van der Waals surface area contributed by atoms with E-state index in [2.05, 4.69) is 23.7 Å². The van der Waals surface area contributed by atoms with Crippen LogP contribution in [0.3, 0.4) is 0 Å². The van der Waals surface area contributed by atoms with Crippen molar-refractivity contribution in [2.45, 2.75) is 84.1 Å². The smallest absolute Gasteiger partial charge is 0.257 e. The molecule has 0 aromatic heterocycles. The summed E-state index contributed by atoms with van der Waals surface area (Å²) in [6, 6.07) is 0. The average Bonchev–Trinajstić information content (AvgIpc) is 2.85. The van der Waals surface area contributed by atoms with Crippen LogP contribution in [0.4, 0.5) is 0 Å². The van der Waals surface area contributed by atoms with Gasteiger partial charge in [-0.1, -0.05) is 39.5 Å². The number of amides is 2. The molecular formula is C22H38N4O2. The molecule has 28 heavy (non-hydrogen) atoms. The Morgan fingerprint density at radius 2 is 1.75 bits per heavy atom. The summed E-state index contributed by atoms with van der Waals surface area (Å²) in [6.45, 7) is 8.36. The summed E-state index contributed by atoms with van der Waals surface area (Å²) >= 11 is 0. The van der Waals surface area contributed by atoms with Crippen LogP contribution in [0.2, 0.25) is 0 Å². The van der Waals surface area contributed by atoms with Gasteiger partial charge in [0.15, 0.2) is 5.96 Å². The van der Waals surface area contributed by atoms with Crippen molar-refractivity contribution in [2.24, 2.45) is 28.5 Å². The van der Waals surface area contributed by atoms with Crippen LogP contribution in [-0.4, -0.2) is 52.7 Å². The first-order chi connectivity index (χ1) is 13.3. The third-order valence-corrected chi connectivity index (χ3v) is 6.72. The minimum atomic E-state index is -0.714. The molecular weight excluding hydrogens is 352 g/mol. The van der Waals surface area contributed by atoms with E-state index >= 15 is 0 Å². The summed E-state index contributed by atoms with van der Waals surface area (Å²) in [7, 11) is 0. The number of piperidine rings is 1. The highest BCUT2D eigenvalue weighted by molar-refractivity contribution is 6.06. The molecule has 2 N–H and O–H groups in total. The lowest BCUT2D eigenvalue weighted by Gasteiger charge is -2.35. The lowest BCUT2D eigenvalue weighted by Crippen LogP contribution is -2.48. The van der Waals surface area contributed by atoms with E-state index < -0.39 is 5.54 Å². The number of likely N-dealkylation sites (tertiary alicyclic amines) is 1. The zero-order chi connectivity index (χ0) is 20.3. The first-order valence-electron chi connectivity index (χ1n) is 11.3. The summed E-state index contributed by atoms with van der Waals surface area (Å²) in [5.74, 6) is 1.78. The van der Waals surface area contributed by atoms with Crippen molar-refractivity contribution in [3.05, 3.63) is 0 Å². The zero-order valence-corrected chi connectivity index (χ0v) is 18.0. The van der Waals surface area contributed by atoms with Crippen molar-refractivity contribution >= 4 is 17.8 Å². The molecule has 158 valence electrons. The van der Waals surface area contributed by atoms with E-state index in [0.717, 1.165) is 45.2 Å². The van der Waals surface area contributed by atoms with Gasteiger partial charge in [-0.3, -0.25) is 14.5 Å². The fraction of sp³-hybridized carbons (Fsp3) is 0.864. The molecule has 2 aliphatic heterocycles. The molecule has 6 heteroatoms. The Bertz CT molecular complexity index is 602. The molecule has 2 heterocycles. The minimum absolute atomic E-state index is 0.0376. The maximum Gasteiger partial charge on any atom is 0.257 e. The molecule has 0 bridgehead atoms. The third kappa shape index (κ3) is 4.69. The number of carbonyl (C=O) groups is 2. The number of nitrogens with zero attached hydrogens (tertiary/aromatic N) is 3. The third-order valence-electron chi connectivity index (χ3n) is 6.72. The Balaban J connectivity index is 1.51. The van der Waals surface area contributed by atoms with E-state index in [4.69, 9.17) is 5.73 Å². The maximum absolute atomic E-state index is 12.9. The zero-order valence-electron chi connectivity index (χ0n) is 18.0. The summed E-state index contributed by atoms with van der Waals surface area (Å²) in [4.78, 5) is 34.1. The topological polar surface area (TPSA) is 79.0 Å². The highest BCUT2D eigenvalue weighted by atomic mass is 16.2. The van der Waals surface area contributed by atoms with E-state index in [1.807, 2.05) is 6.92 Å². The minimum Gasteiger partial charge on any atom is -0.369 e. The van der Waals surface area contributed by atoms with Crippen LogP contribution < -0.4 is 5.73 Å². The Hall–Kier alpha value is -1.59. The van der Waals surface area contributed by atoms with Crippen LogP contribution in [0.5, 0.6) is 0 Å². The van der Waals surface area contributed by atoms with Gasteiger partial charge in [-0.2, -0.15) is 0 Å². The summed E-state index contributed by atoms with van der Waals surface area (Å²) in [5.41, 5.74) is 5.40. The summed E-state index contributed by atoms with van der Waals surface area (Å²) in [6.07, 6.45) is 9.65. The molecule has 1 aliphatic carbocycles. The molecule has 2 amide bonds. The van der Waals surface area contributed by atoms with Crippen LogP contribution in [0.1, 0.15) is 78.6 Å². The van der Waals surface area contributed by atoms with Gasteiger partial charge in [0.25, 0.3) is 5.91 Å². The quantitative estimate of drug-likeness (QED) is 0.732. The van der Waals surface area contributed by atoms with Crippen LogP contribution in [0.15, 0.2) is 4.99 Å². The molecule has 1 saturated heterocycles. The average molecular weight is 391 g/mol. The fourth-order valence-electron chi connectivity index (χ4n) is 5.24. The van der Waals surface area contributed by atoms with Crippen molar-refractivity contribution in [3.63, 3.8) is 0 Å². The van der Waals surface area contributed by atoms with E-state index in [1.54, 1.807) is 4.90 Å². The Morgan fingerprint density at radius 3 is 2.32 bits per heavy atom. The molecule has 2 fully saturated rings. The SMILES string of the molecule is CC(C)CC1(C)N=C(N)N(CC2CCN(C(=O)C3CCCCCC3)CC2)C1=O. The molecule has 0 aromatic carbocycles. The number of carbonyl (C=O) groups excluding carboxylic acids is 2. The Kier molecular flexibility index (Phi) is 6.66. The number of hydrogen-bond acceptors (Lipinski definition) is 4. The van der Waals surface area contributed by atoms with E-state index in [0.29, 0.717) is 30.2 Å². The maximum atomic E-state index is 12.9. The monoisotopic (exact) mass is 390 g/mol. The molecule has 3 rings (SSSR count). The molecule has 1 atom stereocenters. The number of guanidine groups is 1. The predicted octanol–water partition coefficient (Wildman–Crippen LogP) is 3.16. The van der Waals surface area contributed by atoms with Gasteiger partial charge < -0.3 is 10.6 Å². The second-order valence-corrected chi connectivity index (χ2v) is 9.71. The molecule has 3 aliphatic rings. The van der Waals surface area contributed by atoms with Crippen LogP contribution >= 0.6 is 0 Å². The normalized spacial score (nSPS) is 28.0. The van der Waals surface area contributed by atoms with E-state index in [-0.39, 0.29) is 11.8 Å². The predicted molar refractivity (Wildman–Crippen MR) is 112 cm³/mol. The molecule has 0 aromatic rings. The van der Waals surface area contributed by atoms with Crippen LogP contribution in [-0.2, 0) is 9.59 Å². The highest BCUT2D eigenvalue weighted by Crippen LogP contribution is 2.31. The molecule has 1 unspecified atom stereocenters. The first kappa shape index (κ1) is 21.1. The Labute approximate surface area is 169 Å². The second-order valence-electron chi connectivity index (χ2n) is 9.71. The van der Waals surface area contributed by atoms with Crippen molar-refractivity contribution in [2.75, 3.05) is 19.6 Å². The van der Waals surface area contributed by atoms with E-state index in [9.17, 15) is 9.59 Å². The van der Waals surface area contributed by atoms with Gasteiger partial charge in [0.05, 0.1) is 0 Å². The second kappa shape index (κ2) is 8.83. The standard InChI is InChI=1S/C22H38N4O2/c1-16(2)14-22(3)20(28)26(21(23)24-22)15-17-10-12-25(13-11-17)19(27)18-8-6-4-5-7-9-18/h16-18H,4-15H2,1-3H3,(H2,23,24). The van der Waals surface area contributed by atoms with Gasteiger partial charge >= 0.3 is 0 Å². The Morgan fingerprint density at radius 1 is 1.14 bits per heavy atom. The molecule has 1 saturated carbocycles. The lowest BCUT2D eigenvalue weighted by atomic mass is 9.90. The molecule has 6 nitrogen and oxygen atoms in total. The van der Waals surface area contributed by atoms with Gasteiger partial charge in [-0.15, -0.1) is 0 Å². The largest absolute Gasteiger partial charge is 0.369 e. The van der Waals surface area contributed by atoms with Gasteiger partial charge in [0.1, 0.15) is 5.54 Å². The van der Waals surface area contributed by atoms with Gasteiger partial charge in [0.2, 0.25) is 5.91 Å². The van der Waals surface area contributed by atoms with E-state index in [1.165, 1.54) is 25.7 Å². The molecule has 0 radical (unpaired) electrons. The molecule has 0 spiro atoms. The lowest BCUT2D eigenvalue weighted by molar-refractivity contribution is -0.138. The number of rotatable bonds is 5. The number of aliphatic imine (C=N–C) groups is 1. The number of nitrogens with two attached hydrogens (primary N) is 1. The van der Waals surface area contributed by atoms with Crippen molar-refractivity contribution in [3.8, 4) is 0 Å². The van der Waals surface area contributed by atoms with Crippen LogP contribution in [0.25, 0.3) is 0 Å². The fourth-order valence-corrected chi connectivity index (χ4v) is 5.24. The summed E-state index contributed by atoms with van der Waals surface area (Å²) < 4.78 is 0. The van der Waals surface area contributed by atoms with Crippen LogP contribution in [0, 0.1) is 17.8 Å². The summed E-state index contributed by atoms with van der Waals surface area (Å²) in [5, 5.41) is 0. The van der Waals surface area contributed by atoms with Crippen molar-refractivity contribution < 1.29 is 9.59 Å². The van der Waals surface area contributed by atoms with Crippen molar-refractivity contribution in [1.82, 2.24) is 9.80 Å². The van der Waals surface area contributed by atoms with Gasteiger partial charge in [-0.05, 0) is 50.9 Å². The first-order valence-corrected chi connectivity index (χ1v) is 11.3. The highest BCUT2D eigenvalue weighted by Gasteiger charge is 2.44. The van der Waals surface area contributed by atoms with Gasteiger partial charge in [-0.25, -0.2) is 4.99 Å². The number of hydrogen-bond donors (Lipinski definition) is 1. The van der Waals surface area contributed by atoms with Crippen molar-refractivity contribution in [1.29, 1.82) is 0 Å². The van der Waals surface area contributed by atoms with Gasteiger partial charge in [0, 0.05) is 25.6 Å².